The number of amides is 1. The lowest BCUT2D eigenvalue weighted by atomic mass is 9.88. The first-order valence-electron chi connectivity index (χ1n) is 11.0. The number of nitrogens with one attached hydrogen (secondary N) is 1. The number of rotatable bonds is 7. The number of halogens is 1. The number of hydrogen-bond donors (Lipinski definition) is 1. The second kappa shape index (κ2) is 10.4. The number of nitrogens with zero attached hydrogens (tertiary/aromatic N) is 1. The molecule has 1 N–H and O–H groups in total. The van der Waals surface area contributed by atoms with E-state index in [0.29, 0.717) is 13.1 Å². The quantitative estimate of drug-likeness (QED) is 0.579. The van der Waals surface area contributed by atoms with Crippen LogP contribution >= 0.6 is 0 Å². The molecule has 1 heterocycles. The first-order valence-corrected chi connectivity index (χ1v) is 11.0. The second-order valence-electron chi connectivity index (χ2n) is 8.28. The van der Waals surface area contributed by atoms with E-state index in [1.165, 1.54) is 23.3 Å². The van der Waals surface area contributed by atoms with E-state index in [0.717, 1.165) is 31.4 Å². The number of piperidine rings is 1. The van der Waals surface area contributed by atoms with Gasteiger partial charge in [0.25, 0.3) is 0 Å². The zero-order valence-corrected chi connectivity index (χ0v) is 17.7. The van der Waals surface area contributed by atoms with E-state index in [1.807, 2.05) is 48.5 Å². The summed E-state index contributed by atoms with van der Waals surface area (Å²) in [4.78, 5) is 15.3. The van der Waals surface area contributed by atoms with Crippen LogP contribution in [0.4, 0.5) is 4.39 Å². The van der Waals surface area contributed by atoms with E-state index in [1.54, 1.807) is 0 Å². The summed E-state index contributed by atoms with van der Waals surface area (Å²) in [5.41, 5.74) is 3.56. The summed E-state index contributed by atoms with van der Waals surface area (Å²) in [6, 6.07) is 27.5. The largest absolute Gasteiger partial charge is 0.355 e. The maximum atomic E-state index is 13.4. The van der Waals surface area contributed by atoms with Crippen LogP contribution in [0.15, 0.2) is 84.9 Å². The minimum Gasteiger partial charge on any atom is -0.355 e. The minimum atomic E-state index is -0.218. The van der Waals surface area contributed by atoms with Crippen LogP contribution in [-0.4, -0.2) is 23.9 Å². The number of carbonyl (C=O) groups is 1. The fourth-order valence-electron chi connectivity index (χ4n) is 4.43. The summed E-state index contributed by atoms with van der Waals surface area (Å²) in [6.45, 7) is 2.13. The molecule has 0 aliphatic carbocycles. The Kier molecular flexibility index (Phi) is 7.11. The third-order valence-electron chi connectivity index (χ3n) is 6.09. The lowest BCUT2D eigenvalue weighted by molar-refractivity contribution is -0.127. The molecule has 0 bridgehead atoms. The maximum Gasteiger partial charge on any atom is 0.224 e. The third-order valence-corrected chi connectivity index (χ3v) is 6.09. The van der Waals surface area contributed by atoms with Crippen LogP contribution in [0.3, 0.4) is 0 Å². The van der Waals surface area contributed by atoms with Gasteiger partial charge in [-0.3, -0.25) is 9.69 Å². The molecule has 3 aromatic carbocycles. The van der Waals surface area contributed by atoms with Crippen molar-refractivity contribution in [1.82, 2.24) is 10.2 Å². The van der Waals surface area contributed by atoms with Gasteiger partial charge in [0.1, 0.15) is 5.82 Å². The zero-order valence-electron chi connectivity index (χ0n) is 17.7. The summed E-state index contributed by atoms with van der Waals surface area (Å²) in [6.07, 6.45) is 2.56. The predicted octanol–water partition coefficient (Wildman–Crippen LogP) is 5.14. The standard InChI is InChI=1S/C27H29FN2O/c28-25-14-11-23(12-15-25)26-16-13-24(20-30(26)19-22-9-5-2-6-10-22)27(31)29-18-17-21-7-3-1-4-8-21/h1-12,14-15,24,26H,13,16-20H2,(H,29,31). The van der Waals surface area contributed by atoms with Crippen molar-refractivity contribution < 1.29 is 9.18 Å². The number of carbonyl (C=O) groups excluding carboxylic acids is 1. The highest BCUT2D eigenvalue weighted by molar-refractivity contribution is 5.79. The summed E-state index contributed by atoms with van der Waals surface area (Å²) in [7, 11) is 0. The van der Waals surface area contributed by atoms with Crippen LogP contribution in [0, 0.1) is 11.7 Å². The van der Waals surface area contributed by atoms with Crippen molar-refractivity contribution in [3.63, 3.8) is 0 Å². The number of hydrogen-bond acceptors (Lipinski definition) is 2. The smallest absolute Gasteiger partial charge is 0.224 e. The molecule has 1 fully saturated rings. The van der Waals surface area contributed by atoms with E-state index in [4.69, 9.17) is 0 Å². The van der Waals surface area contributed by atoms with Crippen molar-refractivity contribution in [2.24, 2.45) is 5.92 Å². The van der Waals surface area contributed by atoms with Gasteiger partial charge in [0.2, 0.25) is 5.91 Å². The highest BCUT2D eigenvalue weighted by Gasteiger charge is 2.32. The normalized spacial score (nSPS) is 19.1. The Morgan fingerprint density at radius 1 is 0.871 bits per heavy atom. The highest BCUT2D eigenvalue weighted by Crippen LogP contribution is 2.34. The molecule has 0 aromatic heterocycles. The molecule has 31 heavy (non-hydrogen) atoms. The first-order chi connectivity index (χ1) is 15.2. The zero-order chi connectivity index (χ0) is 21.5. The molecule has 2 unspecified atom stereocenters. The van der Waals surface area contributed by atoms with Crippen LogP contribution in [0.5, 0.6) is 0 Å². The van der Waals surface area contributed by atoms with Crippen LogP contribution in [0.25, 0.3) is 0 Å². The maximum absolute atomic E-state index is 13.4. The Morgan fingerprint density at radius 2 is 1.52 bits per heavy atom. The highest BCUT2D eigenvalue weighted by atomic mass is 19.1. The van der Waals surface area contributed by atoms with Gasteiger partial charge in [-0.25, -0.2) is 4.39 Å². The average molecular weight is 417 g/mol. The molecule has 2 atom stereocenters. The van der Waals surface area contributed by atoms with Gasteiger partial charge < -0.3 is 5.32 Å². The average Bonchev–Trinajstić information content (AvgIpc) is 2.81. The van der Waals surface area contributed by atoms with E-state index < -0.39 is 0 Å². The Hall–Kier alpha value is -2.98. The molecule has 0 spiro atoms. The second-order valence-corrected chi connectivity index (χ2v) is 8.28. The fraction of sp³-hybridized carbons (Fsp3) is 0.296. The molecule has 160 valence electrons. The van der Waals surface area contributed by atoms with E-state index >= 15 is 0 Å². The first kappa shape index (κ1) is 21.3. The van der Waals surface area contributed by atoms with Crippen LogP contribution in [-0.2, 0) is 17.8 Å². The number of benzene rings is 3. The van der Waals surface area contributed by atoms with Gasteiger partial charge in [0, 0.05) is 25.7 Å². The molecule has 1 amide bonds. The third kappa shape index (κ3) is 5.80. The number of likely N-dealkylation sites (tertiary alicyclic amines) is 1. The van der Waals surface area contributed by atoms with Crippen molar-refractivity contribution in [3.05, 3.63) is 107 Å². The molecule has 1 aliphatic heterocycles. The summed E-state index contributed by atoms with van der Waals surface area (Å²) in [5, 5.41) is 3.13. The van der Waals surface area contributed by atoms with Crippen molar-refractivity contribution in [3.8, 4) is 0 Å². The SMILES string of the molecule is O=C(NCCc1ccccc1)C1CCC(c2ccc(F)cc2)N(Cc2ccccc2)C1. The van der Waals surface area contributed by atoms with Crippen LogP contribution in [0.2, 0.25) is 0 Å². The van der Waals surface area contributed by atoms with E-state index in [-0.39, 0.29) is 23.7 Å². The lowest BCUT2D eigenvalue weighted by Crippen LogP contribution is -2.44. The Bertz CT molecular complexity index is 960. The van der Waals surface area contributed by atoms with Gasteiger partial charge in [-0.2, -0.15) is 0 Å². The van der Waals surface area contributed by atoms with Crippen molar-refractivity contribution >= 4 is 5.91 Å². The van der Waals surface area contributed by atoms with Gasteiger partial charge >= 0.3 is 0 Å². The topological polar surface area (TPSA) is 32.3 Å². The van der Waals surface area contributed by atoms with Gasteiger partial charge in [-0.15, -0.1) is 0 Å². The van der Waals surface area contributed by atoms with Gasteiger partial charge in [0.15, 0.2) is 0 Å². The lowest BCUT2D eigenvalue weighted by Gasteiger charge is -2.39. The van der Waals surface area contributed by atoms with Crippen molar-refractivity contribution in [2.75, 3.05) is 13.1 Å². The fourth-order valence-corrected chi connectivity index (χ4v) is 4.43. The molecule has 3 nitrogen and oxygen atoms in total. The van der Waals surface area contributed by atoms with E-state index in [9.17, 15) is 9.18 Å². The monoisotopic (exact) mass is 416 g/mol. The Labute approximate surface area is 183 Å². The molecule has 0 radical (unpaired) electrons. The predicted molar refractivity (Wildman–Crippen MR) is 122 cm³/mol. The Balaban J connectivity index is 1.41. The summed E-state index contributed by atoms with van der Waals surface area (Å²) < 4.78 is 13.4. The Morgan fingerprint density at radius 3 is 2.19 bits per heavy atom. The molecule has 4 heteroatoms. The van der Waals surface area contributed by atoms with Gasteiger partial charge in [0.05, 0.1) is 5.92 Å². The molecular formula is C27H29FN2O. The molecule has 4 rings (SSSR count). The van der Waals surface area contributed by atoms with Gasteiger partial charge in [-0.1, -0.05) is 72.8 Å². The molecular weight excluding hydrogens is 387 g/mol. The molecule has 1 saturated heterocycles. The minimum absolute atomic E-state index is 0.0313. The molecule has 0 saturated carbocycles. The van der Waals surface area contributed by atoms with Crippen LogP contribution < -0.4 is 5.32 Å². The molecule has 1 aliphatic rings. The molecule has 3 aromatic rings. The van der Waals surface area contributed by atoms with Crippen LogP contribution in [0.1, 0.15) is 35.6 Å². The van der Waals surface area contributed by atoms with Gasteiger partial charge in [-0.05, 0) is 48.1 Å². The summed E-state index contributed by atoms with van der Waals surface area (Å²) >= 11 is 0. The summed E-state index contributed by atoms with van der Waals surface area (Å²) in [5.74, 6) is -0.118. The van der Waals surface area contributed by atoms with Crippen molar-refractivity contribution in [1.29, 1.82) is 0 Å². The van der Waals surface area contributed by atoms with Crippen molar-refractivity contribution in [2.45, 2.75) is 31.8 Å². The van der Waals surface area contributed by atoms with E-state index in [2.05, 4.69) is 34.5 Å².